The molecule has 0 aromatic heterocycles. The van der Waals surface area contributed by atoms with Gasteiger partial charge in [-0.05, 0) is 41.6 Å². The Balaban J connectivity index is 1.64. The van der Waals surface area contributed by atoms with Gasteiger partial charge in [0.1, 0.15) is 0 Å². The Hall–Kier alpha value is -2.03. The van der Waals surface area contributed by atoms with Gasteiger partial charge in [0.2, 0.25) is 0 Å². The van der Waals surface area contributed by atoms with E-state index >= 15 is 0 Å². The van der Waals surface area contributed by atoms with E-state index < -0.39 is 11.4 Å². The second-order valence-corrected chi connectivity index (χ2v) is 8.31. The average Bonchev–Trinajstić information content (AvgIpc) is 2.73. The number of thioether (sulfide) groups is 1. The molecule has 1 amide bonds. The summed E-state index contributed by atoms with van der Waals surface area (Å²) in [4.78, 5) is 17.3. The van der Waals surface area contributed by atoms with E-state index in [0.29, 0.717) is 0 Å². The highest BCUT2D eigenvalue weighted by Gasteiger charge is 2.31. The van der Waals surface area contributed by atoms with Crippen molar-refractivity contribution in [2.75, 3.05) is 32.7 Å². The third-order valence-corrected chi connectivity index (χ3v) is 6.03. The number of hydrogen-bond acceptors (Lipinski definition) is 4. The number of benzene rings is 2. The van der Waals surface area contributed by atoms with E-state index in [1.807, 2.05) is 24.3 Å². The molecule has 0 bridgehead atoms. The molecule has 2 aromatic rings. The molecule has 1 aliphatic heterocycles. The second kappa shape index (κ2) is 10.3. The SMILES string of the molecule is CCN1CCN(Cc2ccccc2CNC(=O)c2ccccc2SC(F)(F)F)CC1. The number of nitrogens with one attached hydrogen (secondary N) is 1. The van der Waals surface area contributed by atoms with Crippen molar-refractivity contribution in [3.05, 3.63) is 65.2 Å². The maximum Gasteiger partial charge on any atom is 0.446 e. The van der Waals surface area contributed by atoms with Gasteiger partial charge < -0.3 is 10.2 Å². The molecule has 0 radical (unpaired) electrons. The summed E-state index contributed by atoms with van der Waals surface area (Å²) in [5.41, 5.74) is -2.30. The standard InChI is InChI=1S/C22H26F3N3OS/c1-2-27-11-13-28(14-12-27)16-18-8-4-3-7-17(18)15-26-21(29)19-9-5-6-10-20(19)30-22(23,24)25/h3-10H,2,11-16H2,1H3,(H,26,29). The fourth-order valence-electron chi connectivity index (χ4n) is 3.53. The summed E-state index contributed by atoms with van der Waals surface area (Å²) < 4.78 is 38.3. The highest BCUT2D eigenvalue weighted by atomic mass is 32.2. The molecule has 3 rings (SSSR count). The van der Waals surface area contributed by atoms with Crippen molar-refractivity contribution in [1.82, 2.24) is 15.1 Å². The van der Waals surface area contributed by atoms with Crippen LogP contribution in [0.15, 0.2) is 53.4 Å². The molecule has 2 aromatic carbocycles. The summed E-state index contributed by atoms with van der Waals surface area (Å²) in [5.74, 6) is -0.506. The zero-order valence-electron chi connectivity index (χ0n) is 16.9. The average molecular weight is 438 g/mol. The quantitative estimate of drug-likeness (QED) is 0.653. The molecule has 162 valence electrons. The number of halogens is 3. The van der Waals surface area contributed by atoms with E-state index in [1.165, 1.54) is 18.2 Å². The van der Waals surface area contributed by atoms with Crippen molar-refractivity contribution in [3.8, 4) is 0 Å². The van der Waals surface area contributed by atoms with Crippen LogP contribution in [0, 0.1) is 0 Å². The van der Waals surface area contributed by atoms with Gasteiger partial charge in [0, 0.05) is 44.2 Å². The summed E-state index contributed by atoms with van der Waals surface area (Å²) in [6.07, 6.45) is 0. The van der Waals surface area contributed by atoms with Crippen molar-refractivity contribution < 1.29 is 18.0 Å². The second-order valence-electron chi connectivity index (χ2n) is 7.21. The Labute approximate surface area is 179 Å². The van der Waals surface area contributed by atoms with Crippen molar-refractivity contribution in [1.29, 1.82) is 0 Å². The van der Waals surface area contributed by atoms with Crippen LogP contribution in [0.1, 0.15) is 28.4 Å². The number of carbonyl (C=O) groups excluding carboxylic acids is 1. The molecule has 0 unspecified atom stereocenters. The Bertz CT molecular complexity index is 852. The summed E-state index contributed by atoms with van der Waals surface area (Å²) in [6, 6.07) is 13.7. The summed E-state index contributed by atoms with van der Waals surface area (Å²) >= 11 is -0.266. The molecule has 1 N–H and O–H groups in total. The van der Waals surface area contributed by atoms with E-state index in [4.69, 9.17) is 0 Å². The zero-order valence-corrected chi connectivity index (χ0v) is 17.7. The Morgan fingerprint density at radius 3 is 2.23 bits per heavy atom. The van der Waals surface area contributed by atoms with Gasteiger partial charge in [-0.15, -0.1) is 0 Å². The topological polar surface area (TPSA) is 35.6 Å². The van der Waals surface area contributed by atoms with Crippen molar-refractivity contribution >= 4 is 17.7 Å². The lowest BCUT2D eigenvalue weighted by Gasteiger charge is -2.34. The van der Waals surface area contributed by atoms with E-state index in [9.17, 15) is 18.0 Å². The minimum Gasteiger partial charge on any atom is -0.348 e. The number of alkyl halides is 3. The maximum atomic E-state index is 12.8. The van der Waals surface area contributed by atoms with Gasteiger partial charge in [0.25, 0.3) is 5.91 Å². The number of amides is 1. The number of nitrogens with zero attached hydrogens (tertiary/aromatic N) is 2. The van der Waals surface area contributed by atoms with Crippen LogP contribution >= 0.6 is 11.8 Å². The minimum atomic E-state index is -4.44. The highest BCUT2D eigenvalue weighted by Crippen LogP contribution is 2.38. The Morgan fingerprint density at radius 2 is 1.57 bits per heavy atom. The van der Waals surface area contributed by atoms with E-state index in [2.05, 4.69) is 22.0 Å². The Morgan fingerprint density at radius 1 is 0.967 bits per heavy atom. The number of carbonyl (C=O) groups is 1. The molecule has 0 spiro atoms. The lowest BCUT2D eigenvalue weighted by Crippen LogP contribution is -2.45. The first kappa shape index (κ1) is 22.7. The first-order chi connectivity index (χ1) is 14.4. The van der Waals surface area contributed by atoms with Gasteiger partial charge in [-0.1, -0.05) is 43.3 Å². The summed E-state index contributed by atoms with van der Waals surface area (Å²) in [7, 11) is 0. The molecular weight excluding hydrogens is 411 g/mol. The maximum absolute atomic E-state index is 12.8. The van der Waals surface area contributed by atoms with E-state index in [0.717, 1.165) is 50.4 Å². The minimum absolute atomic E-state index is 0.0352. The first-order valence-corrected chi connectivity index (χ1v) is 10.8. The summed E-state index contributed by atoms with van der Waals surface area (Å²) in [5, 5.41) is 2.79. The van der Waals surface area contributed by atoms with Crippen LogP contribution in [0.5, 0.6) is 0 Å². The van der Waals surface area contributed by atoms with Crippen molar-refractivity contribution in [3.63, 3.8) is 0 Å². The molecule has 1 heterocycles. The largest absolute Gasteiger partial charge is 0.446 e. The molecule has 0 saturated carbocycles. The molecule has 0 atom stereocenters. The first-order valence-electron chi connectivity index (χ1n) is 10.00. The smallest absolute Gasteiger partial charge is 0.348 e. The number of rotatable bonds is 7. The predicted octanol–water partition coefficient (Wildman–Crippen LogP) is 4.37. The number of hydrogen-bond donors (Lipinski definition) is 1. The van der Waals surface area contributed by atoms with E-state index in [-0.39, 0.29) is 28.8 Å². The molecule has 1 saturated heterocycles. The summed E-state index contributed by atoms with van der Waals surface area (Å²) in [6.45, 7) is 8.38. The highest BCUT2D eigenvalue weighted by molar-refractivity contribution is 8.00. The number of piperazine rings is 1. The van der Waals surface area contributed by atoms with Gasteiger partial charge in [-0.3, -0.25) is 9.69 Å². The Kier molecular flexibility index (Phi) is 7.80. The lowest BCUT2D eigenvalue weighted by atomic mass is 10.1. The fourth-order valence-corrected chi connectivity index (χ4v) is 4.19. The normalized spacial score (nSPS) is 15.9. The van der Waals surface area contributed by atoms with Gasteiger partial charge in [-0.25, -0.2) is 0 Å². The van der Waals surface area contributed by atoms with Crippen molar-refractivity contribution in [2.45, 2.75) is 30.4 Å². The van der Waals surface area contributed by atoms with Gasteiger partial charge >= 0.3 is 5.51 Å². The molecule has 8 heteroatoms. The van der Waals surface area contributed by atoms with Gasteiger partial charge in [0.15, 0.2) is 0 Å². The fraction of sp³-hybridized carbons (Fsp3) is 0.409. The van der Waals surface area contributed by atoms with Gasteiger partial charge in [0.05, 0.1) is 5.56 Å². The zero-order chi connectivity index (χ0) is 21.6. The molecule has 0 aliphatic carbocycles. The molecule has 1 fully saturated rings. The van der Waals surface area contributed by atoms with Crippen LogP contribution in [0.3, 0.4) is 0 Å². The molecular formula is C22H26F3N3OS. The molecule has 4 nitrogen and oxygen atoms in total. The monoisotopic (exact) mass is 437 g/mol. The van der Waals surface area contributed by atoms with Crippen LogP contribution in [0.2, 0.25) is 0 Å². The third kappa shape index (κ3) is 6.48. The van der Waals surface area contributed by atoms with Gasteiger partial charge in [-0.2, -0.15) is 13.2 Å². The van der Waals surface area contributed by atoms with Crippen LogP contribution in [-0.2, 0) is 13.1 Å². The van der Waals surface area contributed by atoms with Crippen LogP contribution in [-0.4, -0.2) is 53.9 Å². The van der Waals surface area contributed by atoms with Crippen LogP contribution in [0.4, 0.5) is 13.2 Å². The molecule has 30 heavy (non-hydrogen) atoms. The van der Waals surface area contributed by atoms with Crippen molar-refractivity contribution in [2.24, 2.45) is 0 Å². The predicted molar refractivity (Wildman–Crippen MR) is 113 cm³/mol. The van der Waals surface area contributed by atoms with E-state index in [1.54, 1.807) is 6.07 Å². The number of likely N-dealkylation sites (N-methyl/N-ethyl adjacent to an activating group) is 1. The molecule has 1 aliphatic rings. The van der Waals surface area contributed by atoms with Crippen LogP contribution in [0.25, 0.3) is 0 Å². The lowest BCUT2D eigenvalue weighted by molar-refractivity contribution is -0.0328. The third-order valence-electron chi connectivity index (χ3n) is 5.22. The van der Waals surface area contributed by atoms with Crippen LogP contribution < -0.4 is 5.32 Å².